The van der Waals surface area contributed by atoms with Gasteiger partial charge in [-0.25, -0.2) is 0 Å². The van der Waals surface area contributed by atoms with Crippen LogP contribution in [0.2, 0.25) is 0 Å². The lowest BCUT2D eigenvalue weighted by Crippen LogP contribution is -2.48. The molecule has 3 N–H and O–H groups in total. The molecule has 0 spiro atoms. The lowest BCUT2D eigenvalue weighted by atomic mass is 9.84. The van der Waals surface area contributed by atoms with Gasteiger partial charge in [-0.15, -0.1) is 0 Å². The highest BCUT2D eigenvalue weighted by Crippen LogP contribution is 2.28. The van der Waals surface area contributed by atoms with Crippen molar-refractivity contribution in [2.45, 2.75) is 32.2 Å². The molecule has 2 aromatic carbocycles. The molecule has 0 saturated carbocycles. The molecule has 2 aromatic rings. The van der Waals surface area contributed by atoms with Crippen LogP contribution in [0.15, 0.2) is 60.7 Å². The molecule has 126 valence electrons. The number of nitrogens with two attached hydrogens (primary N) is 1. The zero-order valence-corrected chi connectivity index (χ0v) is 14.1. The van der Waals surface area contributed by atoms with Crippen molar-refractivity contribution in [2.24, 2.45) is 11.7 Å². The summed E-state index contributed by atoms with van der Waals surface area (Å²) in [6.45, 7) is 3.93. The second-order valence-electron chi connectivity index (χ2n) is 6.34. The van der Waals surface area contributed by atoms with Crippen molar-refractivity contribution >= 4 is 11.8 Å². The van der Waals surface area contributed by atoms with E-state index in [0.717, 1.165) is 11.1 Å². The zero-order chi connectivity index (χ0) is 17.5. The van der Waals surface area contributed by atoms with Crippen LogP contribution >= 0.6 is 0 Å². The maximum atomic E-state index is 12.2. The fourth-order valence-corrected chi connectivity index (χ4v) is 2.82. The predicted octanol–water partition coefficient (Wildman–Crippen LogP) is 2.83. The smallest absolute Gasteiger partial charge is 0.240 e. The van der Waals surface area contributed by atoms with Crippen molar-refractivity contribution < 1.29 is 9.59 Å². The fourth-order valence-electron chi connectivity index (χ4n) is 2.82. The minimum atomic E-state index is -0.791. The number of carbonyl (C=O) groups excluding carboxylic acids is 2. The van der Waals surface area contributed by atoms with E-state index in [1.54, 1.807) is 0 Å². The Labute approximate surface area is 143 Å². The average Bonchev–Trinajstić information content (AvgIpc) is 2.55. The Morgan fingerprint density at radius 2 is 1.38 bits per heavy atom. The van der Waals surface area contributed by atoms with Crippen molar-refractivity contribution in [3.63, 3.8) is 0 Å². The molecule has 0 unspecified atom stereocenters. The van der Waals surface area contributed by atoms with E-state index < -0.39 is 11.9 Å². The molecule has 1 atom stereocenters. The van der Waals surface area contributed by atoms with Gasteiger partial charge in [0.2, 0.25) is 11.8 Å². The number of carbonyl (C=O) groups is 2. The van der Waals surface area contributed by atoms with E-state index in [1.807, 2.05) is 74.5 Å². The number of benzene rings is 2. The molecule has 4 nitrogen and oxygen atoms in total. The highest BCUT2D eigenvalue weighted by molar-refractivity contribution is 5.88. The van der Waals surface area contributed by atoms with Gasteiger partial charge in [-0.1, -0.05) is 74.5 Å². The van der Waals surface area contributed by atoms with Crippen molar-refractivity contribution in [1.29, 1.82) is 0 Å². The van der Waals surface area contributed by atoms with E-state index in [1.165, 1.54) is 0 Å². The molecule has 0 bridgehead atoms. The summed E-state index contributed by atoms with van der Waals surface area (Å²) in [5, 5.41) is 2.83. The summed E-state index contributed by atoms with van der Waals surface area (Å²) in [5.74, 6) is -0.804. The molecule has 0 saturated heterocycles. The monoisotopic (exact) mass is 324 g/mol. The quantitative estimate of drug-likeness (QED) is 0.822. The van der Waals surface area contributed by atoms with E-state index in [-0.39, 0.29) is 17.7 Å². The van der Waals surface area contributed by atoms with Gasteiger partial charge in [-0.2, -0.15) is 0 Å². The van der Waals surface area contributed by atoms with E-state index in [4.69, 9.17) is 5.73 Å². The Hall–Kier alpha value is -2.62. The number of rotatable bonds is 7. The van der Waals surface area contributed by atoms with Gasteiger partial charge < -0.3 is 11.1 Å². The standard InChI is InChI=1S/C20H24N2O2/c1-14(2)13-17(23)22-19(20(21)24)18(15-9-5-3-6-10-15)16-11-7-4-8-12-16/h3-12,14,18-19H,13H2,1-2H3,(H2,21,24)(H,22,23)/t19-/m1/s1. The first-order chi connectivity index (χ1) is 11.5. The number of hydrogen-bond donors (Lipinski definition) is 2. The van der Waals surface area contributed by atoms with Crippen LogP contribution in [-0.2, 0) is 9.59 Å². The molecule has 0 fully saturated rings. The molecular formula is C20H24N2O2. The molecule has 2 rings (SSSR count). The van der Waals surface area contributed by atoms with Gasteiger partial charge in [-0.3, -0.25) is 9.59 Å². The van der Waals surface area contributed by atoms with Crippen LogP contribution in [0, 0.1) is 5.92 Å². The van der Waals surface area contributed by atoms with Crippen molar-refractivity contribution in [3.8, 4) is 0 Å². The number of hydrogen-bond acceptors (Lipinski definition) is 2. The summed E-state index contributed by atoms with van der Waals surface area (Å²) < 4.78 is 0. The molecule has 24 heavy (non-hydrogen) atoms. The molecular weight excluding hydrogens is 300 g/mol. The normalized spacial score (nSPS) is 12.2. The Balaban J connectivity index is 2.39. The Bertz CT molecular complexity index is 629. The minimum Gasteiger partial charge on any atom is -0.368 e. The van der Waals surface area contributed by atoms with Crippen LogP contribution in [0.5, 0.6) is 0 Å². The Morgan fingerprint density at radius 3 is 1.75 bits per heavy atom. The van der Waals surface area contributed by atoms with Crippen molar-refractivity contribution in [3.05, 3.63) is 71.8 Å². The average molecular weight is 324 g/mol. The number of nitrogens with one attached hydrogen (secondary N) is 1. The van der Waals surface area contributed by atoms with Gasteiger partial charge in [0.25, 0.3) is 0 Å². The first kappa shape index (κ1) is 17.7. The van der Waals surface area contributed by atoms with E-state index in [0.29, 0.717) is 6.42 Å². The van der Waals surface area contributed by atoms with Crippen LogP contribution in [-0.4, -0.2) is 17.9 Å². The lowest BCUT2D eigenvalue weighted by molar-refractivity contribution is -0.128. The van der Waals surface area contributed by atoms with E-state index in [9.17, 15) is 9.59 Å². The van der Waals surface area contributed by atoms with Gasteiger partial charge >= 0.3 is 0 Å². The topological polar surface area (TPSA) is 72.2 Å². The summed E-state index contributed by atoms with van der Waals surface area (Å²) in [6.07, 6.45) is 0.361. The van der Waals surface area contributed by atoms with Crippen molar-refractivity contribution in [2.75, 3.05) is 0 Å². The fraction of sp³-hybridized carbons (Fsp3) is 0.300. The summed E-state index contributed by atoms with van der Waals surface area (Å²) in [5.41, 5.74) is 7.52. The van der Waals surface area contributed by atoms with Crippen molar-refractivity contribution in [1.82, 2.24) is 5.32 Å². The van der Waals surface area contributed by atoms with Gasteiger partial charge in [-0.05, 0) is 17.0 Å². The zero-order valence-electron chi connectivity index (χ0n) is 14.1. The van der Waals surface area contributed by atoms with Crippen LogP contribution in [0.4, 0.5) is 0 Å². The maximum Gasteiger partial charge on any atom is 0.240 e. The van der Waals surface area contributed by atoms with Gasteiger partial charge in [0.1, 0.15) is 6.04 Å². The van der Waals surface area contributed by atoms with Gasteiger partial charge in [0.15, 0.2) is 0 Å². The highest BCUT2D eigenvalue weighted by Gasteiger charge is 2.30. The SMILES string of the molecule is CC(C)CC(=O)N[C@@H](C(N)=O)C(c1ccccc1)c1ccccc1. The van der Waals surface area contributed by atoms with Gasteiger partial charge in [0.05, 0.1) is 0 Å². The molecule has 0 aliphatic carbocycles. The highest BCUT2D eigenvalue weighted by atomic mass is 16.2. The Kier molecular flexibility index (Phi) is 6.13. The van der Waals surface area contributed by atoms with E-state index in [2.05, 4.69) is 5.32 Å². The first-order valence-electron chi connectivity index (χ1n) is 8.17. The molecule has 0 aliphatic heterocycles. The van der Waals surface area contributed by atoms with Gasteiger partial charge in [0, 0.05) is 12.3 Å². The maximum absolute atomic E-state index is 12.2. The molecule has 0 heterocycles. The van der Waals surface area contributed by atoms with Crippen LogP contribution < -0.4 is 11.1 Å². The Morgan fingerprint density at radius 1 is 0.917 bits per heavy atom. The number of primary amides is 1. The first-order valence-corrected chi connectivity index (χ1v) is 8.17. The van der Waals surface area contributed by atoms with Crippen LogP contribution in [0.3, 0.4) is 0 Å². The molecule has 2 amide bonds. The summed E-state index contributed by atoms with van der Waals surface area (Å²) in [4.78, 5) is 24.3. The van der Waals surface area contributed by atoms with Crippen LogP contribution in [0.1, 0.15) is 37.3 Å². The molecule has 0 aromatic heterocycles. The van der Waals surface area contributed by atoms with Crippen LogP contribution in [0.25, 0.3) is 0 Å². The minimum absolute atomic E-state index is 0.161. The predicted molar refractivity (Wildman–Crippen MR) is 95.3 cm³/mol. The summed E-state index contributed by atoms with van der Waals surface area (Å²) >= 11 is 0. The second-order valence-corrected chi connectivity index (χ2v) is 6.34. The third-order valence-corrected chi connectivity index (χ3v) is 3.87. The molecule has 0 aliphatic rings. The summed E-state index contributed by atoms with van der Waals surface area (Å²) in [7, 11) is 0. The summed E-state index contributed by atoms with van der Waals surface area (Å²) in [6, 6.07) is 18.5. The largest absolute Gasteiger partial charge is 0.368 e. The second kappa shape index (κ2) is 8.29. The molecule has 0 radical (unpaired) electrons. The third kappa shape index (κ3) is 4.69. The van der Waals surface area contributed by atoms with E-state index >= 15 is 0 Å². The molecule has 4 heteroatoms. The third-order valence-electron chi connectivity index (χ3n) is 3.87. The number of amides is 2. The lowest BCUT2D eigenvalue weighted by Gasteiger charge is -2.27.